The maximum absolute atomic E-state index is 12.1. The molecule has 0 atom stereocenters. The van der Waals surface area contributed by atoms with Crippen molar-refractivity contribution in [3.05, 3.63) is 59.1 Å². The standard InChI is InChI=1S/C18H20ClNO2/c1-2-3-4-12-22-17-10-8-14(9-11-17)18(21)20-16-7-5-6-15(19)13-16/h5-11,13H,2-4,12H2,1H3,(H,20,21). The van der Waals surface area contributed by atoms with Crippen LogP contribution in [0.1, 0.15) is 36.5 Å². The SMILES string of the molecule is CCCCCOc1ccc(C(=O)Nc2cccc(Cl)c2)cc1. The summed E-state index contributed by atoms with van der Waals surface area (Å²) in [5.74, 6) is 0.621. The molecule has 4 heteroatoms. The van der Waals surface area contributed by atoms with E-state index < -0.39 is 0 Å². The van der Waals surface area contributed by atoms with Gasteiger partial charge < -0.3 is 10.1 Å². The Kier molecular flexibility index (Phi) is 6.28. The fraction of sp³-hybridized carbons (Fsp3) is 0.278. The molecule has 2 aromatic carbocycles. The summed E-state index contributed by atoms with van der Waals surface area (Å²) in [6, 6.07) is 14.2. The molecule has 116 valence electrons. The van der Waals surface area contributed by atoms with E-state index in [9.17, 15) is 4.79 Å². The van der Waals surface area contributed by atoms with Crippen LogP contribution in [-0.4, -0.2) is 12.5 Å². The molecule has 2 rings (SSSR count). The van der Waals surface area contributed by atoms with Crippen LogP contribution in [0.4, 0.5) is 5.69 Å². The summed E-state index contributed by atoms with van der Waals surface area (Å²) in [5, 5.41) is 3.41. The second-order valence-corrected chi connectivity index (χ2v) is 5.48. The van der Waals surface area contributed by atoms with Crippen LogP contribution in [0.15, 0.2) is 48.5 Å². The minimum Gasteiger partial charge on any atom is -0.494 e. The van der Waals surface area contributed by atoms with Gasteiger partial charge in [0.25, 0.3) is 5.91 Å². The van der Waals surface area contributed by atoms with Gasteiger partial charge in [0.1, 0.15) is 5.75 Å². The molecule has 1 N–H and O–H groups in total. The van der Waals surface area contributed by atoms with Crippen molar-refractivity contribution in [1.29, 1.82) is 0 Å². The van der Waals surface area contributed by atoms with E-state index in [-0.39, 0.29) is 5.91 Å². The maximum Gasteiger partial charge on any atom is 0.255 e. The second kappa shape index (κ2) is 8.44. The Labute approximate surface area is 136 Å². The summed E-state index contributed by atoms with van der Waals surface area (Å²) in [6.45, 7) is 2.87. The smallest absolute Gasteiger partial charge is 0.255 e. The molecule has 0 aliphatic carbocycles. The monoisotopic (exact) mass is 317 g/mol. The number of halogens is 1. The number of nitrogens with one attached hydrogen (secondary N) is 1. The van der Waals surface area contributed by atoms with Crippen molar-refractivity contribution in [1.82, 2.24) is 0 Å². The number of ether oxygens (including phenoxy) is 1. The number of benzene rings is 2. The van der Waals surface area contributed by atoms with Crippen molar-refractivity contribution in [3.63, 3.8) is 0 Å². The number of carbonyl (C=O) groups excluding carboxylic acids is 1. The van der Waals surface area contributed by atoms with Crippen LogP contribution >= 0.6 is 11.6 Å². The Hall–Kier alpha value is -2.00. The van der Waals surface area contributed by atoms with Gasteiger partial charge in [-0.3, -0.25) is 4.79 Å². The van der Waals surface area contributed by atoms with Gasteiger partial charge in [0.2, 0.25) is 0 Å². The van der Waals surface area contributed by atoms with Gasteiger partial charge in [0, 0.05) is 16.3 Å². The molecule has 0 unspecified atom stereocenters. The van der Waals surface area contributed by atoms with Crippen LogP contribution in [-0.2, 0) is 0 Å². The van der Waals surface area contributed by atoms with E-state index in [2.05, 4.69) is 12.2 Å². The molecule has 0 spiro atoms. The third-order valence-corrected chi connectivity index (χ3v) is 3.45. The van der Waals surface area contributed by atoms with E-state index in [0.717, 1.165) is 12.2 Å². The zero-order valence-corrected chi connectivity index (χ0v) is 13.4. The van der Waals surface area contributed by atoms with Gasteiger partial charge in [-0.2, -0.15) is 0 Å². The molecule has 0 radical (unpaired) electrons. The molecule has 0 fully saturated rings. The molecule has 3 nitrogen and oxygen atoms in total. The first-order valence-corrected chi connectivity index (χ1v) is 7.86. The average molecular weight is 318 g/mol. The normalized spacial score (nSPS) is 10.3. The summed E-state index contributed by atoms with van der Waals surface area (Å²) in [5.41, 5.74) is 1.26. The highest BCUT2D eigenvalue weighted by molar-refractivity contribution is 6.30. The Morgan fingerprint density at radius 1 is 1.14 bits per heavy atom. The van der Waals surface area contributed by atoms with Crippen molar-refractivity contribution in [2.24, 2.45) is 0 Å². The minimum absolute atomic E-state index is 0.167. The van der Waals surface area contributed by atoms with E-state index in [1.54, 1.807) is 36.4 Å². The molecule has 0 aliphatic heterocycles. The number of hydrogen-bond acceptors (Lipinski definition) is 2. The number of carbonyl (C=O) groups is 1. The topological polar surface area (TPSA) is 38.3 Å². The molecule has 0 heterocycles. The quantitative estimate of drug-likeness (QED) is 0.716. The fourth-order valence-electron chi connectivity index (χ4n) is 2.01. The highest BCUT2D eigenvalue weighted by Crippen LogP contribution is 2.17. The molecular weight excluding hydrogens is 298 g/mol. The van der Waals surface area contributed by atoms with Crippen LogP contribution in [0.2, 0.25) is 5.02 Å². The van der Waals surface area contributed by atoms with Crippen molar-refractivity contribution in [2.45, 2.75) is 26.2 Å². The minimum atomic E-state index is -0.167. The molecule has 0 saturated heterocycles. The Bertz CT molecular complexity index is 611. The van der Waals surface area contributed by atoms with Crippen molar-refractivity contribution in [2.75, 3.05) is 11.9 Å². The van der Waals surface area contributed by atoms with E-state index >= 15 is 0 Å². The maximum atomic E-state index is 12.1. The van der Waals surface area contributed by atoms with Gasteiger partial charge in [0.15, 0.2) is 0 Å². The lowest BCUT2D eigenvalue weighted by atomic mass is 10.2. The van der Waals surface area contributed by atoms with Gasteiger partial charge in [-0.15, -0.1) is 0 Å². The fourth-order valence-corrected chi connectivity index (χ4v) is 2.20. The number of unbranched alkanes of at least 4 members (excludes halogenated alkanes) is 2. The van der Waals surface area contributed by atoms with E-state index in [1.807, 2.05) is 12.1 Å². The molecule has 22 heavy (non-hydrogen) atoms. The largest absolute Gasteiger partial charge is 0.494 e. The molecule has 1 amide bonds. The Morgan fingerprint density at radius 3 is 2.59 bits per heavy atom. The van der Waals surface area contributed by atoms with Crippen molar-refractivity contribution in [3.8, 4) is 5.75 Å². The second-order valence-electron chi connectivity index (χ2n) is 5.04. The van der Waals surface area contributed by atoms with Gasteiger partial charge in [-0.1, -0.05) is 37.4 Å². The lowest BCUT2D eigenvalue weighted by Gasteiger charge is -2.08. The molecule has 2 aromatic rings. The van der Waals surface area contributed by atoms with Gasteiger partial charge in [-0.25, -0.2) is 0 Å². The van der Waals surface area contributed by atoms with Crippen LogP contribution < -0.4 is 10.1 Å². The predicted molar refractivity (Wildman–Crippen MR) is 90.9 cm³/mol. The number of hydrogen-bond donors (Lipinski definition) is 1. The Morgan fingerprint density at radius 2 is 1.91 bits per heavy atom. The molecule has 0 bridgehead atoms. The summed E-state index contributed by atoms with van der Waals surface area (Å²) in [7, 11) is 0. The zero-order valence-electron chi connectivity index (χ0n) is 12.6. The van der Waals surface area contributed by atoms with Crippen molar-refractivity contribution >= 4 is 23.2 Å². The van der Waals surface area contributed by atoms with Crippen molar-refractivity contribution < 1.29 is 9.53 Å². The lowest BCUT2D eigenvalue weighted by Crippen LogP contribution is -2.11. The first-order chi connectivity index (χ1) is 10.7. The highest BCUT2D eigenvalue weighted by atomic mass is 35.5. The van der Waals surface area contributed by atoms with Crippen LogP contribution in [0.5, 0.6) is 5.75 Å². The number of anilines is 1. The number of amides is 1. The third kappa shape index (κ3) is 5.08. The van der Waals surface area contributed by atoms with Gasteiger partial charge in [0.05, 0.1) is 6.61 Å². The van der Waals surface area contributed by atoms with E-state index in [1.165, 1.54) is 12.8 Å². The summed E-state index contributed by atoms with van der Waals surface area (Å²) >= 11 is 5.90. The summed E-state index contributed by atoms with van der Waals surface area (Å²) in [6.07, 6.45) is 3.39. The molecule has 0 aliphatic rings. The molecule has 0 saturated carbocycles. The lowest BCUT2D eigenvalue weighted by molar-refractivity contribution is 0.102. The van der Waals surface area contributed by atoms with E-state index in [4.69, 9.17) is 16.3 Å². The van der Waals surface area contributed by atoms with Gasteiger partial charge >= 0.3 is 0 Å². The predicted octanol–water partition coefficient (Wildman–Crippen LogP) is 5.16. The summed E-state index contributed by atoms with van der Waals surface area (Å²) < 4.78 is 5.63. The van der Waals surface area contributed by atoms with Crippen LogP contribution in [0, 0.1) is 0 Å². The number of rotatable bonds is 7. The zero-order chi connectivity index (χ0) is 15.8. The highest BCUT2D eigenvalue weighted by Gasteiger charge is 2.06. The first kappa shape index (κ1) is 16.4. The molecule has 0 aromatic heterocycles. The first-order valence-electron chi connectivity index (χ1n) is 7.49. The summed E-state index contributed by atoms with van der Waals surface area (Å²) in [4.78, 5) is 12.1. The Balaban J connectivity index is 1.90. The van der Waals surface area contributed by atoms with E-state index in [0.29, 0.717) is 22.9 Å². The van der Waals surface area contributed by atoms with Gasteiger partial charge in [-0.05, 0) is 48.9 Å². The molecular formula is C18H20ClNO2. The average Bonchev–Trinajstić information content (AvgIpc) is 2.52. The third-order valence-electron chi connectivity index (χ3n) is 3.22. The van der Waals surface area contributed by atoms with Crippen LogP contribution in [0.25, 0.3) is 0 Å². The van der Waals surface area contributed by atoms with Crippen LogP contribution in [0.3, 0.4) is 0 Å².